The Balaban J connectivity index is 2.34. The first-order chi connectivity index (χ1) is 8.14. The highest BCUT2D eigenvalue weighted by Gasteiger charge is 2.59. The van der Waals surface area contributed by atoms with E-state index in [2.05, 4.69) is 20.2 Å². The summed E-state index contributed by atoms with van der Waals surface area (Å²) in [4.78, 5) is 11.9. The van der Waals surface area contributed by atoms with E-state index in [-0.39, 0.29) is 22.3 Å². The predicted octanol–water partition coefficient (Wildman–Crippen LogP) is 1.37. The lowest BCUT2D eigenvalue weighted by molar-refractivity contribution is -0.143. The quantitative estimate of drug-likeness (QED) is 0.619. The van der Waals surface area contributed by atoms with Crippen molar-refractivity contribution in [2.75, 3.05) is 5.75 Å². The van der Waals surface area contributed by atoms with E-state index in [0.29, 0.717) is 6.42 Å². The molecule has 3 aliphatic carbocycles. The molecule has 0 unspecified atom stereocenters. The second-order valence-corrected chi connectivity index (χ2v) is 8.68. The van der Waals surface area contributed by atoms with Gasteiger partial charge in [-0.2, -0.15) is 18.6 Å². The molecule has 7 heteroatoms. The van der Waals surface area contributed by atoms with Gasteiger partial charge in [0.1, 0.15) is 0 Å². The standard InChI is InChI=1S/C11H18BrNO4S/c1-10-4-3-7(8(12)9(10)14)11(2,5-10)6-18(15,16)17-13/h7-8H,3-6,13H2,1-2H3/t7-,8-,10-,11-/m0/s1. The Hall–Kier alpha value is 0.0200. The fourth-order valence-corrected chi connectivity index (χ4v) is 6.40. The molecule has 0 radical (unpaired) electrons. The molecule has 104 valence electrons. The minimum atomic E-state index is -3.72. The maximum absolute atomic E-state index is 12.2. The first kappa shape index (κ1) is 14.4. The molecule has 0 aliphatic heterocycles. The van der Waals surface area contributed by atoms with Crippen molar-refractivity contribution >= 4 is 31.8 Å². The maximum Gasteiger partial charge on any atom is 0.283 e. The predicted molar refractivity (Wildman–Crippen MR) is 70.3 cm³/mol. The van der Waals surface area contributed by atoms with Crippen molar-refractivity contribution < 1.29 is 17.5 Å². The van der Waals surface area contributed by atoms with E-state index in [0.717, 1.165) is 12.8 Å². The van der Waals surface area contributed by atoms with Crippen molar-refractivity contribution in [1.82, 2.24) is 0 Å². The summed E-state index contributed by atoms with van der Waals surface area (Å²) in [7, 11) is -3.72. The lowest BCUT2D eigenvalue weighted by atomic mass is 9.51. The molecule has 0 amide bonds. The summed E-state index contributed by atoms with van der Waals surface area (Å²) in [5.74, 6) is 4.90. The number of rotatable bonds is 3. The Bertz CT molecular complexity index is 479. The van der Waals surface area contributed by atoms with Gasteiger partial charge >= 0.3 is 0 Å². The Morgan fingerprint density at radius 2 is 2.11 bits per heavy atom. The Kier molecular flexibility index (Phi) is 3.42. The van der Waals surface area contributed by atoms with Gasteiger partial charge in [-0.15, -0.1) is 0 Å². The highest BCUT2D eigenvalue weighted by Crippen LogP contribution is 2.59. The minimum Gasteiger partial charge on any atom is -0.298 e. The number of hydrogen-bond donors (Lipinski definition) is 1. The topological polar surface area (TPSA) is 86.5 Å². The third-order valence-electron chi connectivity index (χ3n) is 4.55. The van der Waals surface area contributed by atoms with Crippen LogP contribution in [0, 0.1) is 16.7 Å². The molecule has 3 aliphatic rings. The molecule has 0 saturated heterocycles. The van der Waals surface area contributed by atoms with Crippen molar-refractivity contribution in [1.29, 1.82) is 0 Å². The van der Waals surface area contributed by atoms with Crippen molar-refractivity contribution in [3.05, 3.63) is 0 Å². The van der Waals surface area contributed by atoms with Gasteiger partial charge in [-0.1, -0.05) is 29.8 Å². The normalized spacial score (nSPS) is 44.3. The second-order valence-electron chi connectivity index (χ2n) is 6.10. The van der Waals surface area contributed by atoms with E-state index in [9.17, 15) is 13.2 Å². The van der Waals surface area contributed by atoms with Gasteiger partial charge in [0, 0.05) is 5.41 Å². The van der Waals surface area contributed by atoms with Gasteiger partial charge in [-0.05, 0) is 30.6 Å². The zero-order chi connectivity index (χ0) is 13.8. The highest BCUT2D eigenvalue weighted by molar-refractivity contribution is 9.10. The number of nitrogens with two attached hydrogens (primary N) is 1. The first-order valence-corrected chi connectivity index (χ1v) is 8.42. The van der Waals surface area contributed by atoms with E-state index >= 15 is 0 Å². The van der Waals surface area contributed by atoms with Crippen molar-refractivity contribution in [2.24, 2.45) is 22.6 Å². The summed E-state index contributed by atoms with van der Waals surface area (Å²) in [6.45, 7) is 3.83. The molecular formula is C11H18BrNO4S. The van der Waals surface area contributed by atoms with Crippen LogP contribution in [-0.4, -0.2) is 24.8 Å². The molecule has 0 aromatic carbocycles. The molecule has 0 aromatic heterocycles. The van der Waals surface area contributed by atoms with Crippen molar-refractivity contribution in [2.45, 2.75) is 37.9 Å². The SMILES string of the molecule is C[C@@]12CC[C@@H]([C@H](Br)C1=O)[C@](C)(CS(=O)(=O)ON)C2. The van der Waals surface area contributed by atoms with Crippen LogP contribution in [0.2, 0.25) is 0 Å². The van der Waals surface area contributed by atoms with Crippen molar-refractivity contribution in [3.63, 3.8) is 0 Å². The fourth-order valence-electron chi connectivity index (χ4n) is 3.75. The second kappa shape index (κ2) is 4.26. The zero-order valence-corrected chi connectivity index (χ0v) is 12.9. The summed E-state index contributed by atoms with van der Waals surface area (Å²) in [5.41, 5.74) is -0.894. The van der Waals surface area contributed by atoms with E-state index in [1.807, 2.05) is 13.8 Å². The number of carbonyl (C=O) groups is 1. The lowest BCUT2D eigenvalue weighted by Crippen LogP contribution is -2.58. The fraction of sp³-hybridized carbons (Fsp3) is 0.909. The van der Waals surface area contributed by atoms with Crippen LogP contribution in [0.25, 0.3) is 0 Å². The third-order valence-corrected chi connectivity index (χ3v) is 6.91. The van der Waals surface area contributed by atoms with E-state index in [4.69, 9.17) is 5.90 Å². The molecule has 0 spiro atoms. The van der Waals surface area contributed by atoms with Crippen LogP contribution in [0.15, 0.2) is 0 Å². The van der Waals surface area contributed by atoms with E-state index < -0.39 is 20.9 Å². The van der Waals surface area contributed by atoms with E-state index in [1.165, 1.54) is 0 Å². The van der Waals surface area contributed by atoms with Crippen LogP contribution >= 0.6 is 15.9 Å². The molecule has 0 aromatic rings. The summed E-state index contributed by atoms with van der Waals surface area (Å²) in [6.07, 6.45) is 2.26. The highest BCUT2D eigenvalue weighted by atomic mass is 79.9. The van der Waals surface area contributed by atoms with Crippen molar-refractivity contribution in [3.8, 4) is 0 Å². The number of carbonyl (C=O) groups excluding carboxylic acids is 1. The monoisotopic (exact) mass is 339 g/mol. The summed E-state index contributed by atoms with van der Waals surface area (Å²) in [5, 5.41) is 0. The third kappa shape index (κ3) is 2.15. The van der Waals surface area contributed by atoms with Crippen LogP contribution in [0.1, 0.15) is 33.1 Å². The molecule has 4 atom stereocenters. The van der Waals surface area contributed by atoms with E-state index in [1.54, 1.807) is 0 Å². The smallest absolute Gasteiger partial charge is 0.283 e. The van der Waals surface area contributed by atoms with Gasteiger partial charge in [-0.25, -0.2) is 0 Å². The molecule has 5 nitrogen and oxygen atoms in total. The van der Waals surface area contributed by atoms with Gasteiger partial charge in [0.25, 0.3) is 10.1 Å². The average Bonchev–Trinajstić information content (AvgIpc) is 2.24. The first-order valence-electron chi connectivity index (χ1n) is 5.93. The number of Topliss-reactive ketones (excluding diaryl/α,β-unsaturated/α-hetero) is 1. The number of ketones is 1. The largest absolute Gasteiger partial charge is 0.298 e. The number of alkyl halides is 1. The molecule has 2 N–H and O–H groups in total. The molecular weight excluding hydrogens is 322 g/mol. The molecule has 3 fully saturated rings. The number of hydrogen-bond acceptors (Lipinski definition) is 5. The van der Waals surface area contributed by atoms with Gasteiger partial charge in [-0.3, -0.25) is 4.79 Å². The van der Waals surface area contributed by atoms with Crippen LogP contribution < -0.4 is 5.90 Å². The Morgan fingerprint density at radius 3 is 2.61 bits per heavy atom. The van der Waals surface area contributed by atoms with Crippen LogP contribution in [0.4, 0.5) is 0 Å². The lowest BCUT2D eigenvalue weighted by Gasteiger charge is -2.55. The zero-order valence-electron chi connectivity index (χ0n) is 10.5. The maximum atomic E-state index is 12.2. The van der Waals surface area contributed by atoms with Crippen LogP contribution in [0.3, 0.4) is 0 Å². The van der Waals surface area contributed by atoms with Crippen LogP contribution in [0.5, 0.6) is 0 Å². The number of fused-ring (bicyclic) bond motifs is 3. The Morgan fingerprint density at radius 1 is 1.50 bits per heavy atom. The van der Waals surface area contributed by atoms with Gasteiger partial charge in [0.15, 0.2) is 5.78 Å². The summed E-state index contributed by atoms with van der Waals surface area (Å²) in [6, 6.07) is 0. The molecule has 3 rings (SSSR count). The van der Waals surface area contributed by atoms with Crippen LogP contribution in [-0.2, 0) is 19.2 Å². The Labute approximate surface area is 116 Å². The molecule has 18 heavy (non-hydrogen) atoms. The van der Waals surface area contributed by atoms with Gasteiger partial charge < -0.3 is 0 Å². The number of halogens is 1. The molecule has 3 saturated carbocycles. The molecule has 2 bridgehead atoms. The average molecular weight is 340 g/mol. The molecule has 0 heterocycles. The summed E-state index contributed by atoms with van der Waals surface area (Å²) >= 11 is 3.43. The summed E-state index contributed by atoms with van der Waals surface area (Å²) < 4.78 is 27.3. The van der Waals surface area contributed by atoms with Gasteiger partial charge in [0.2, 0.25) is 0 Å². The minimum absolute atomic E-state index is 0.0248. The van der Waals surface area contributed by atoms with Gasteiger partial charge in [0.05, 0.1) is 10.6 Å².